The molecule has 4 aliphatic rings. The van der Waals surface area contributed by atoms with Crippen LogP contribution in [-0.4, -0.2) is 0 Å². The van der Waals surface area contributed by atoms with Gasteiger partial charge in [0, 0.05) is 8.96 Å². The van der Waals surface area contributed by atoms with Gasteiger partial charge < -0.3 is 0 Å². The fourth-order valence-electron chi connectivity index (χ4n) is 3.33. The van der Waals surface area contributed by atoms with E-state index in [1.165, 1.54) is 33.4 Å². The lowest BCUT2D eigenvalue weighted by molar-refractivity contribution is 1.13. The predicted molar refractivity (Wildman–Crippen MR) is 110 cm³/mol. The molecule has 0 aromatic carbocycles. The summed E-state index contributed by atoms with van der Waals surface area (Å²) in [5, 5.41) is 0. The molecule has 0 saturated carbocycles. The molecule has 0 fully saturated rings. The van der Waals surface area contributed by atoms with Crippen LogP contribution in [0.15, 0.2) is 115 Å². The normalized spacial score (nSPS) is 22.2. The lowest BCUT2D eigenvalue weighted by Crippen LogP contribution is -2.00. The molecule has 0 radical (unpaired) electrons. The van der Waals surface area contributed by atoms with Crippen LogP contribution >= 0.6 is 31.9 Å². The Labute approximate surface area is 159 Å². The molecule has 2 heteroatoms. The summed E-state index contributed by atoms with van der Waals surface area (Å²) in [5.41, 5.74) is 7.94. The standard InChI is InChI=1S/C22H16Br2/c23-21-11-3-7-15-5-1-9-17(19(21)13-15)18-10-2-6-16-8-4-12-22(24)20(18)14-16/h1-12H,13-14H2. The average Bonchev–Trinajstić information content (AvgIpc) is 3.04. The lowest BCUT2D eigenvalue weighted by atomic mass is 9.87. The number of allylic oxidation sites excluding steroid dienone is 20. The largest absolute Gasteiger partial charge is 0.0614 e. The summed E-state index contributed by atoms with van der Waals surface area (Å²) >= 11 is 7.56. The molecule has 0 saturated heterocycles. The van der Waals surface area contributed by atoms with Gasteiger partial charge in [0.15, 0.2) is 0 Å². The molecule has 0 amide bonds. The van der Waals surface area contributed by atoms with Crippen molar-refractivity contribution >= 4 is 31.9 Å². The first-order chi connectivity index (χ1) is 11.7. The molecule has 118 valence electrons. The van der Waals surface area contributed by atoms with Crippen LogP contribution in [0.25, 0.3) is 0 Å². The molecular weight excluding hydrogens is 424 g/mol. The van der Waals surface area contributed by atoms with Gasteiger partial charge in [-0.1, -0.05) is 92.6 Å². The number of hydrogen-bond acceptors (Lipinski definition) is 0. The quantitative estimate of drug-likeness (QED) is 0.410. The van der Waals surface area contributed by atoms with Gasteiger partial charge in [0.1, 0.15) is 0 Å². The zero-order valence-corrected chi connectivity index (χ0v) is 16.3. The Bertz CT molecular complexity index is 828. The maximum Gasteiger partial charge on any atom is 0.0216 e. The third-order valence-corrected chi connectivity index (χ3v) is 6.02. The van der Waals surface area contributed by atoms with E-state index in [0.29, 0.717) is 0 Å². The van der Waals surface area contributed by atoms with Gasteiger partial charge in [-0.25, -0.2) is 0 Å². The third kappa shape index (κ3) is 3.01. The summed E-state index contributed by atoms with van der Waals surface area (Å²) in [6.07, 6.45) is 28.0. The van der Waals surface area contributed by atoms with Crippen molar-refractivity contribution in [3.05, 3.63) is 115 Å². The monoisotopic (exact) mass is 438 g/mol. The Morgan fingerprint density at radius 1 is 0.542 bits per heavy atom. The summed E-state index contributed by atoms with van der Waals surface area (Å²) in [5.74, 6) is 0. The first-order valence-electron chi connectivity index (χ1n) is 8.02. The van der Waals surface area contributed by atoms with E-state index in [4.69, 9.17) is 0 Å². The maximum atomic E-state index is 3.78. The number of halogens is 2. The molecule has 0 aromatic rings. The second kappa shape index (κ2) is 6.70. The molecule has 0 N–H and O–H groups in total. The van der Waals surface area contributed by atoms with Crippen LogP contribution in [0.4, 0.5) is 0 Å². The number of rotatable bonds is 1. The summed E-state index contributed by atoms with van der Waals surface area (Å²) in [4.78, 5) is 0. The van der Waals surface area contributed by atoms with E-state index < -0.39 is 0 Å². The van der Waals surface area contributed by atoms with Gasteiger partial charge >= 0.3 is 0 Å². The van der Waals surface area contributed by atoms with Gasteiger partial charge in [0.05, 0.1) is 0 Å². The molecule has 24 heavy (non-hydrogen) atoms. The van der Waals surface area contributed by atoms with Crippen molar-refractivity contribution in [1.29, 1.82) is 0 Å². The fraction of sp³-hybridized carbons (Fsp3) is 0.0909. The van der Waals surface area contributed by atoms with Crippen LogP contribution in [0.1, 0.15) is 12.8 Å². The highest BCUT2D eigenvalue weighted by atomic mass is 79.9. The molecular formula is C22H16Br2. The summed E-state index contributed by atoms with van der Waals surface area (Å²) in [6, 6.07) is 0. The van der Waals surface area contributed by atoms with Crippen LogP contribution in [0.5, 0.6) is 0 Å². The van der Waals surface area contributed by atoms with Crippen molar-refractivity contribution in [2.75, 3.05) is 0 Å². The Morgan fingerprint density at radius 2 is 0.958 bits per heavy atom. The molecule has 4 bridgehead atoms. The minimum atomic E-state index is 0.945. The molecule has 0 atom stereocenters. The van der Waals surface area contributed by atoms with Crippen LogP contribution in [0.3, 0.4) is 0 Å². The van der Waals surface area contributed by atoms with Crippen molar-refractivity contribution in [1.82, 2.24) is 0 Å². The van der Waals surface area contributed by atoms with Gasteiger partial charge in [-0.05, 0) is 58.4 Å². The van der Waals surface area contributed by atoms with Crippen molar-refractivity contribution in [3.8, 4) is 0 Å². The summed E-state index contributed by atoms with van der Waals surface area (Å²) < 4.78 is 2.32. The van der Waals surface area contributed by atoms with E-state index in [0.717, 1.165) is 21.8 Å². The topological polar surface area (TPSA) is 0 Å². The van der Waals surface area contributed by atoms with Crippen LogP contribution in [-0.2, 0) is 0 Å². The molecule has 4 rings (SSSR count). The molecule has 0 heterocycles. The Hall–Kier alpha value is -1.64. The summed E-state index contributed by atoms with van der Waals surface area (Å²) in [7, 11) is 0. The Kier molecular flexibility index (Phi) is 4.43. The molecule has 4 aliphatic carbocycles. The SMILES string of the molecule is BrC1=C2CC(=CC=C1)C=CC=C2C1=CC=CC2=CC=CC(Br)=C1C2. The Balaban J connectivity index is 1.89. The van der Waals surface area contributed by atoms with Crippen LogP contribution in [0.2, 0.25) is 0 Å². The van der Waals surface area contributed by atoms with Gasteiger partial charge in [-0.15, -0.1) is 0 Å². The van der Waals surface area contributed by atoms with E-state index in [9.17, 15) is 0 Å². The summed E-state index contributed by atoms with van der Waals surface area (Å²) in [6.45, 7) is 0. The minimum Gasteiger partial charge on any atom is -0.0614 e. The zero-order valence-electron chi connectivity index (χ0n) is 13.1. The molecule has 0 unspecified atom stereocenters. The smallest absolute Gasteiger partial charge is 0.0216 e. The van der Waals surface area contributed by atoms with E-state index in [-0.39, 0.29) is 0 Å². The van der Waals surface area contributed by atoms with Gasteiger partial charge in [0.25, 0.3) is 0 Å². The fourth-order valence-corrected chi connectivity index (χ4v) is 4.34. The number of hydrogen-bond donors (Lipinski definition) is 0. The molecule has 0 aromatic heterocycles. The van der Waals surface area contributed by atoms with Gasteiger partial charge in [0.2, 0.25) is 0 Å². The lowest BCUT2D eigenvalue weighted by Gasteiger charge is -2.18. The second-order valence-corrected chi connectivity index (χ2v) is 7.80. The second-order valence-electron chi connectivity index (χ2n) is 6.09. The molecule has 0 spiro atoms. The molecule has 0 nitrogen and oxygen atoms in total. The number of fused-ring (bicyclic) bond motifs is 4. The molecule has 0 aliphatic heterocycles. The maximum absolute atomic E-state index is 3.78. The van der Waals surface area contributed by atoms with E-state index >= 15 is 0 Å². The van der Waals surface area contributed by atoms with Crippen molar-refractivity contribution in [2.24, 2.45) is 0 Å². The third-order valence-electron chi connectivity index (χ3n) is 4.53. The Morgan fingerprint density at radius 3 is 1.42 bits per heavy atom. The van der Waals surface area contributed by atoms with Crippen molar-refractivity contribution < 1.29 is 0 Å². The zero-order chi connectivity index (χ0) is 16.5. The highest BCUT2D eigenvalue weighted by molar-refractivity contribution is 9.12. The minimum absolute atomic E-state index is 0.945. The van der Waals surface area contributed by atoms with Gasteiger partial charge in [-0.2, -0.15) is 0 Å². The average molecular weight is 440 g/mol. The predicted octanol–water partition coefficient (Wildman–Crippen LogP) is 7.05. The first kappa shape index (κ1) is 15.9. The first-order valence-corrected chi connectivity index (χ1v) is 9.60. The van der Waals surface area contributed by atoms with Gasteiger partial charge in [-0.3, -0.25) is 0 Å². The van der Waals surface area contributed by atoms with Crippen molar-refractivity contribution in [2.45, 2.75) is 12.8 Å². The van der Waals surface area contributed by atoms with Crippen LogP contribution in [0, 0.1) is 0 Å². The van der Waals surface area contributed by atoms with Crippen molar-refractivity contribution in [3.63, 3.8) is 0 Å². The van der Waals surface area contributed by atoms with Crippen LogP contribution < -0.4 is 0 Å². The van der Waals surface area contributed by atoms with E-state index in [1.807, 2.05) is 0 Å². The highest BCUT2D eigenvalue weighted by Gasteiger charge is 2.22. The van der Waals surface area contributed by atoms with E-state index in [2.05, 4.69) is 105 Å². The van der Waals surface area contributed by atoms with E-state index in [1.54, 1.807) is 0 Å². The highest BCUT2D eigenvalue weighted by Crippen LogP contribution is 2.42.